The van der Waals surface area contributed by atoms with Gasteiger partial charge in [-0.3, -0.25) is 0 Å². The fourth-order valence-corrected chi connectivity index (χ4v) is 3.44. The number of nitrogens with zero attached hydrogens (tertiary/aromatic N) is 1. The fourth-order valence-electron chi connectivity index (χ4n) is 2.92. The second-order valence-corrected chi connectivity index (χ2v) is 6.91. The van der Waals surface area contributed by atoms with E-state index in [1.807, 2.05) is 6.92 Å². The number of nitrogens with one attached hydrogen (secondary N) is 1. The molecule has 1 N–H and O–H groups in total. The highest BCUT2D eigenvalue weighted by atomic mass is 79.9. The van der Waals surface area contributed by atoms with Crippen molar-refractivity contribution in [2.24, 2.45) is 5.92 Å². The van der Waals surface area contributed by atoms with Crippen molar-refractivity contribution in [3.8, 4) is 0 Å². The second-order valence-electron chi connectivity index (χ2n) is 5.73. The summed E-state index contributed by atoms with van der Waals surface area (Å²) in [6.07, 6.45) is 4.26. The Kier molecular flexibility index (Phi) is 5.94. The minimum absolute atomic E-state index is 0.335. The van der Waals surface area contributed by atoms with Crippen LogP contribution >= 0.6 is 28.1 Å². The first-order chi connectivity index (χ1) is 10.0. The number of ether oxygens (including phenoxy) is 2. The first kappa shape index (κ1) is 17.1. The van der Waals surface area contributed by atoms with Crippen LogP contribution < -0.4 is 0 Å². The van der Waals surface area contributed by atoms with Crippen molar-refractivity contribution in [1.82, 2.24) is 9.97 Å². The first-order valence-electron chi connectivity index (χ1n) is 7.44. The summed E-state index contributed by atoms with van der Waals surface area (Å²) in [5.74, 6) is 1.59. The van der Waals surface area contributed by atoms with E-state index in [0.29, 0.717) is 17.9 Å². The molecule has 1 aromatic heterocycles. The largest absolute Gasteiger partial charge is 0.378 e. The van der Waals surface area contributed by atoms with E-state index in [1.165, 1.54) is 0 Å². The van der Waals surface area contributed by atoms with Gasteiger partial charge in [0.05, 0.1) is 16.8 Å². The van der Waals surface area contributed by atoms with E-state index in [-0.39, 0.29) is 5.60 Å². The van der Waals surface area contributed by atoms with Crippen LogP contribution in [0.3, 0.4) is 0 Å². The Labute approximate surface area is 139 Å². The highest BCUT2D eigenvalue weighted by molar-refractivity contribution is 9.10. The summed E-state index contributed by atoms with van der Waals surface area (Å²) >= 11 is 8.87. The number of methoxy groups -OCH3 is 1. The Morgan fingerprint density at radius 3 is 2.67 bits per heavy atom. The maximum atomic E-state index is 6.14. The molecule has 0 saturated heterocycles. The molecule has 118 valence electrons. The Morgan fingerprint density at radius 1 is 1.43 bits per heavy atom. The van der Waals surface area contributed by atoms with Gasteiger partial charge in [-0.25, -0.2) is 4.98 Å². The van der Waals surface area contributed by atoms with Gasteiger partial charge in [-0.15, -0.1) is 0 Å². The van der Waals surface area contributed by atoms with Crippen LogP contribution in [0.4, 0.5) is 0 Å². The van der Waals surface area contributed by atoms with Gasteiger partial charge < -0.3 is 14.5 Å². The number of hydrogen-bond acceptors (Lipinski definition) is 4. The van der Waals surface area contributed by atoms with Crippen molar-refractivity contribution in [3.63, 3.8) is 0 Å². The van der Waals surface area contributed by atoms with Crippen LogP contribution in [0.1, 0.15) is 51.0 Å². The molecule has 21 heavy (non-hydrogen) atoms. The normalized spacial score (nSPS) is 26.0. The van der Waals surface area contributed by atoms with Crippen LogP contribution in [-0.4, -0.2) is 23.7 Å². The van der Waals surface area contributed by atoms with Crippen LogP contribution in [0, 0.1) is 10.6 Å². The van der Waals surface area contributed by atoms with Gasteiger partial charge in [0.2, 0.25) is 0 Å². The molecule has 0 radical (unpaired) electrons. The van der Waals surface area contributed by atoms with E-state index in [0.717, 1.165) is 47.6 Å². The van der Waals surface area contributed by atoms with Crippen LogP contribution in [0.15, 0.2) is 4.47 Å². The lowest BCUT2D eigenvalue weighted by atomic mass is 9.79. The highest BCUT2D eigenvalue weighted by Gasteiger charge is 2.39. The lowest BCUT2D eigenvalue weighted by Crippen LogP contribution is -2.36. The lowest BCUT2D eigenvalue weighted by molar-refractivity contribution is -0.0840. The van der Waals surface area contributed by atoms with Gasteiger partial charge in [0.15, 0.2) is 0 Å². The Bertz CT molecular complexity index is 539. The molecule has 0 atom stereocenters. The Hall–Kier alpha value is -0.300. The standard InChI is InChI=1S/C15H23BrN2O2S/c1-4-20-15(7-5-10(2)6-8-15)14-17-11(9-19-3)12(16)13(21)18-14/h10H,4-9H2,1-3H3,(H,17,18,21). The number of aromatic amines is 1. The zero-order chi connectivity index (χ0) is 15.5. The molecule has 2 rings (SSSR count). The van der Waals surface area contributed by atoms with Crippen molar-refractivity contribution < 1.29 is 9.47 Å². The molecule has 4 nitrogen and oxygen atoms in total. The molecule has 0 spiro atoms. The summed E-state index contributed by atoms with van der Waals surface area (Å²) in [4.78, 5) is 7.98. The monoisotopic (exact) mass is 374 g/mol. The third-order valence-electron chi connectivity index (χ3n) is 4.16. The third kappa shape index (κ3) is 3.73. The van der Waals surface area contributed by atoms with E-state index in [2.05, 4.69) is 32.8 Å². The zero-order valence-corrected chi connectivity index (χ0v) is 15.3. The zero-order valence-electron chi connectivity index (χ0n) is 12.9. The molecule has 1 aliphatic carbocycles. The average Bonchev–Trinajstić information content (AvgIpc) is 2.47. The highest BCUT2D eigenvalue weighted by Crippen LogP contribution is 2.41. The van der Waals surface area contributed by atoms with Crippen LogP contribution in [-0.2, 0) is 21.7 Å². The van der Waals surface area contributed by atoms with Gasteiger partial charge in [0.1, 0.15) is 16.1 Å². The lowest BCUT2D eigenvalue weighted by Gasteiger charge is -2.38. The molecule has 1 saturated carbocycles. The summed E-state index contributed by atoms with van der Waals surface area (Å²) in [7, 11) is 1.67. The summed E-state index contributed by atoms with van der Waals surface area (Å²) in [6, 6.07) is 0. The van der Waals surface area contributed by atoms with Gasteiger partial charge in [-0.1, -0.05) is 19.1 Å². The maximum absolute atomic E-state index is 6.14. The van der Waals surface area contributed by atoms with Gasteiger partial charge in [-0.2, -0.15) is 0 Å². The predicted octanol–water partition coefficient (Wildman–Crippen LogP) is 4.49. The summed E-state index contributed by atoms with van der Waals surface area (Å²) in [6.45, 7) is 5.47. The van der Waals surface area contributed by atoms with E-state index in [4.69, 9.17) is 21.7 Å². The summed E-state index contributed by atoms with van der Waals surface area (Å²) in [5, 5.41) is 0. The first-order valence-corrected chi connectivity index (χ1v) is 8.64. The molecule has 1 aromatic rings. The van der Waals surface area contributed by atoms with E-state index >= 15 is 0 Å². The number of H-pyrrole nitrogens is 1. The molecule has 0 bridgehead atoms. The SMILES string of the molecule is CCOC1(c2nc(=S)c(Br)c(COC)[nH]2)CCC(C)CC1. The molecular weight excluding hydrogens is 352 g/mol. The predicted molar refractivity (Wildman–Crippen MR) is 88.8 cm³/mol. The van der Waals surface area contributed by atoms with Crippen LogP contribution in [0.25, 0.3) is 0 Å². The molecule has 1 heterocycles. The number of hydrogen-bond donors (Lipinski definition) is 1. The molecule has 1 aliphatic rings. The van der Waals surface area contributed by atoms with Crippen molar-refractivity contribution in [3.05, 3.63) is 20.6 Å². The maximum Gasteiger partial charge on any atom is 0.144 e. The minimum atomic E-state index is -0.335. The van der Waals surface area contributed by atoms with Crippen LogP contribution in [0.2, 0.25) is 0 Å². The second kappa shape index (κ2) is 7.31. The molecular formula is C15H23BrN2O2S. The smallest absolute Gasteiger partial charge is 0.144 e. The quantitative estimate of drug-likeness (QED) is 0.771. The van der Waals surface area contributed by atoms with Crippen LogP contribution in [0.5, 0.6) is 0 Å². The molecule has 1 fully saturated rings. The minimum Gasteiger partial charge on any atom is -0.378 e. The van der Waals surface area contributed by atoms with E-state index < -0.39 is 0 Å². The van der Waals surface area contributed by atoms with Gasteiger partial charge >= 0.3 is 0 Å². The van der Waals surface area contributed by atoms with Crippen molar-refractivity contribution >= 4 is 28.1 Å². The number of halogens is 1. The molecule has 0 aromatic carbocycles. The molecule has 0 amide bonds. The Morgan fingerprint density at radius 2 is 2.10 bits per heavy atom. The molecule has 0 aliphatic heterocycles. The summed E-state index contributed by atoms with van der Waals surface area (Å²) < 4.78 is 12.7. The van der Waals surface area contributed by atoms with Crippen molar-refractivity contribution in [1.29, 1.82) is 0 Å². The van der Waals surface area contributed by atoms with Crippen molar-refractivity contribution in [2.75, 3.05) is 13.7 Å². The van der Waals surface area contributed by atoms with Gasteiger partial charge in [-0.05, 0) is 54.5 Å². The summed E-state index contributed by atoms with van der Waals surface area (Å²) in [5.41, 5.74) is 0.586. The van der Waals surface area contributed by atoms with Gasteiger partial charge in [0, 0.05) is 13.7 Å². The third-order valence-corrected chi connectivity index (χ3v) is 5.57. The fraction of sp³-hybridized carbons (Fsp3) is 0.733. The topological polar surface area (TPSA) is 47.1 Å². The number of rotatable bonds is 5. The Balaban J connectivity index is 2.43. The van der Waals surface area contributed by atoms with Crippen molar-refractivity contribution in [2.45, 2.75) is 51.7 Å². The van der Waals surface area contributed by atoms with E-state index in [1.54, 1.807) is 7.11 Å². The number of aromatic nitrogens is 2. The molecule has 6 heteroatoms. The molecule has 0 unspecified atom stereocenters. The van der Waals surface area contributed by atoms with E-state index in [9.17, 15) is 0 Å². The average molecular weight is 375 g/mol. The van der Waals surface area contributed by atoms with Gasteiger partial charge in [0.25, 0.3) is 0 Å².